The Labute approximate surface area is 141 Å². The smallest absolute Gasteiger partial charge is 0.281 e. The Hall–Kier alpha value is -1.73. The fourth-order valence-corrected chi connectivity index (χ4v) is 3.60. The van der Waals surface area contributed by atoms with Gasteiger partial charge in [-0.1, -0.05) is 11.6 Å². The summed E-state index contributed by atoms with van der Waals surface area (Å²) in [5.74, 6) is -2.59. The molecule has 0 radical (unpaired) electrons. The van der Waals surface area contributed by atoms with Gasteiger partial charge in [0.15, 0.2) is 17.3 Å². The van der Waals surface area contributed by atoms with Crippen molar-refractivity contribution in [2.75, 3.05) is 12.0 Å². The van der Waals surface area contributed by atoms with Crippen LogP contribution in [0.3, 0.4) is 0 Å². The lowest BCUT2D eigenvalue weighted by Crippen LogP contribution is -2.39. The third-order valence-electron chi connectivity index (χ3n) is 3.71. The normalized spacial score (nSPS) is 21.3. The molecule has 0 unspecified atom stereocenters. The van der Waals surface area contributed by atoms with Crippen LogP contribution in [0.1, 0.15) is 23.2 Å². The molecule has 0 spiro atoms. The lowest BCUT2D eigenvalue weighted by atomic mass is 9.77. The van der Waals surface area contributed by atoms with Crippen LogP contribution in [0, 0.1) is 22.0 Å². The van der Waals surface area contributed by atoms with Crippen molar-refractivity contribution in [1.82, 2.24) is 0 Å². The average molecular weight is 356 g/mol. The molecular formula is C15H14ClNO5S. The van der Waals surface area contributed by atoms with Crippen LogP contribution >= 0.6 is 23.4 Å². The molecule has 1 fully saturated rings. The third kappa shape index (κ3) is 3.79. The van der Waals surface area contributed by atoms with E-state index in [-0.39, 0.29) is 29.3 Å². The van der Waals surface area contributed by atoms with Crippen molar-refractivity contribution in [3.05, 3.63) is 38.9 Å². The Balaban J connectivity index is 2.32. The molecule has 23 heavy (non-hydrogen) atoms. The number of rotatable bonds is 5. The molecule has 1 aliphatic rings. The van der Waals surface area contributed by atoms with Gasteiger partial charge >= 0.3 is 0 Å². The molecule has 0 atom stereocenters. The number of benzene rings is 1. The van der Waals surface area contributed by atoms with Gasteiger partial charge in [-0.15, -0.1) is 0 Å². The first-order chi connectivity index (χ1) is 10.8. The van der Waals surface area contributed by atoms with Crippen LogP contribution in [-0.4, -0.2) is 34.3 Å². The number of hydrogen-bond acceptors (Lipinski definition) is 6. The van der Waals surface area contributed by atoms with Gasteiger partial charge in [-0.2, -0.15) is 11.8 Å². The molecule has 6 nitrogen and oxygen atoms in total. The van der Waals surface area contributed by atoms with Crippen LogP contribution < -0.4 is 0 Å². The summed E-state index contributed by atoms with van der Waals surface area (Å²) in [4.78, 5) is 47.3. The fourth-order valence-electron chi connectivity index (χ4n) is 2.72. The fraction of sp³-hybridized carbons (Fsp3) is 0.400. The van der Waals surface area contributed by atoms with Gasteiger partial charge in [0.25, 0.3) is 5.69 Å². The number of nitro groups is 1. The third-order valence-corrected chi connectivity index (χ3v) is 4.75. The van der Waals surface area contributed by atoms with E-state index in [1.165, 1.54) is 23.9 Å². The largest absolute Gasteiger partial charge is 0.298 e. The predicted octanol–water partition coefficient (Wildman–Crippen LogP) is 2.96. The minimum Gasteiger partial charge on any atom is -0.298 e. The number of hydrogen-bond donors (Lipinski definition) is 0. The molecule has 0 heterocycles. The molecule has 0 bridgehead atoms. The average Bonchev–Trinajstić information content (AvgIpc) is 2.46. The van der Waals surface area contributed by atoms with Gasteiger partial charge in [0.2, 0.25) is 0 Å². The molecule has 122 valence electrons. The van der Waals surface area contributed by atoms with Crippen LogP contribution in [0.5, 0.6) is 0 Å². The molecule has 0 aromatic heterocycles. The maximum Gasteiger partial charge on any atom is 0.281 e. The molecule has 2 rings (SSSR count). The second kappa shape index (κ2) is 7.23. The van der Waals surface area contributed by atoms with Crippen molar-refractivity contribution in [2.45, 2.75) is 12.8 Å². The number of halogens is 1. The van der Waals surface area contributed by atoms with E-state index in [1.807, 2.05) is 6.26 Å². The molecular weight excluding hydrogens is 342 g/mol. The van der Waals surface area contributed by atoms with Gasteiger partial charge in [-0.25, -0.2) is 0 Å². The SMILES string of the molecule is CSCC1CC(=O)C(C(=O)c2ccc(Cl)cc2[N+](=O)[O-])C(=O)C1. The molecule has 0 aliphatic heterocycles. The highest BCUT2D eigenvalue weighted by Gasteiger charge is 2.41. The van der Waals surface area contributed by atoms with Gasteiger partial charge < -0.3 is 0 Å². The standard InChI is InChI=1S/C15H14ClNO5S/c1-23-7-8-4-12(18)14(13(19)5-8)15(20)10-3-2-9(16)6-11(10)17(21)22/h2-3,6,8,14H,4-5,7H2,1H3. The number of thioether (sulfide) groups is 1. The highest BCUT2D eigenvalue weighted by atomic mass is 35.5. The van der Waals surface area contributed by atoms with Crippen molar-refractivity contribution in [3.63, 3.8) is 0 Å². The van der Waals surface area contributed by atoms with Gasteiger partial charge in [0.05, 0.1) is 10.5 Å². The zero-order chi connectivity index (χ0) is 17.1. The summed E-state index contributed by atoms with van der Waals surface area (Å²) in [7, 11) is 0. The summed E-state index contributed by atoms with van der Waals surface area (Å²) in [6.45, 7) is 0. The Morgan fingerprint density at radius 3 is 2.48 bits per heavy atom. The Kier molecular flexibility index (Phi) is 5.54. The van der Waals surface area contributed by atoms with Crippen LogP contribution in [0.2, 0.25) is 5.02 Å². The molecule has 0 amide bonds. The number of nitro benzene ring substituents is 1. The van der Waals surface area contributed by atoms with Crippen molar-refractivity contribution >= 4 is 46.4 Å². The lowest BCUT2D eigenvalue weighted by molar-refractivity contribution is -0.385. The maximum absolute atomic E-state index is 12.5. The number of Topliss-reactive ketones (excluding diaryl/α,β-unsaturated/α-hetero) is 3. The first-order valence-electron chi connectivity index (χ1n) is 6.87. The molecule has 1 saturated carbocycles. The highest BCUT2D eigenvalue weighted by Crippen LogP contribution is 2.31. The predicted molar refractivity (Wildman–Crippen MR) is 87.0 cm³/mol. The summed E-state index contributed by atoms with van der Waals surface area (Å²) in [6.07, 6.45) is 2.16. The van der Waals surface area contributed by atoms with Crippen LogP contribution in [0.15, 0.2) is 18.2 Å². The Morgan fingerprint density at radius 1 is 1.35 bits per heavy atom. The monoisotopic (exact) mass is 355 g/mol. The number of carbonyl (C=O) groups is 3. The Bertz CT molecular complexity index is 672. The summed E-state index contributed by atoms with van der Waals surface area (Å²) >= 11 is 7.24. The Morgan fingerprint density at radius 2 is 1.96 bits per heavy atom. The lowest BCUT2D eigenvalue weighted by Gasteiger charge is -2.24. The van der Waals surface area contributed by atoms with E-state index in [0.29, 0.717) is 5.75 Å². The number of carbonyl (C=O) groups excluding carboxylic acids is 3. The van der Waals surface area contributed by atoms with Crippen LogP contribution in [0.25, 0.3) is 0 Å². The quantitative estimate of drug-likeness (QED) is 0.349. The molecule has 0 saturated heterocycles. The van der Waals surface area contributed by atoms with Gasteiger partial charge in [-0.05, 0) is 30.1 Å². The second-order valence-corrected chi connectivity index (χ2v) is 6.73. The van der Waals surface area contributed by atoms with Crippen molar-refractivity contribution in [3.8, 4) is 0 Å². The molecule has 1 aliphatic carbocycles. The van der Waals surface area contributed by atoms with E-state index < -0.39 is 33.9 Å². The van der Waals surface area contributed by atoms with E-state index in [4.69, 9.17) is 11.6 Å². The first kappa shape index (κ1) is 17.6. The van der Waals surface area contributed by atoms with Crippen LogP contribution in [0.4, 0.5) is 5.69 Å². The van der Waals surface area contributed by atoms with Gasteiger partial charge in [-0.3, -0.25) is 24.5 Å². The number of ketones is 3. The molecule has 0 N–H and O–H groups in total. The van der Waals surface area contributed by atoms with E-state index in [9.17, 15) is 24.5 Å². The highest BCUT2D eigenvalue weighted by molar-refractivity contribution is 7.98. The molecule has 1 aromatic carbocycles. The summed E-state index contributed by atoms with van der Waals surface area (Å²) < 4.78 is 0. The summed E-state index contributed by atoms with van der Waals surface area (Å²) in [6, 6.07) is 3.57. The zero-order valence-corrected chi connectivity index (χ0v) is 13.9. The molecule has 1 aromatic rings. The van der Waals surface area contributed by atoms with E-state index in [2.05, 4.69) is 0 Å². The van der Waals surface area contributed by atoms with E-state index >= 15 is 0 Å². The van der Waals surface area contributed by atoms with Gasteiger partial charge in [0.1, 0.15) is 5.92 Å². The van der Waals surface area contributed by atoms with Crippen LogP contribution in [-0.2, 0) is 9.59 Å². The topological polar surface area (TPSA) is 94.3 Å². The number of nitrogens with zero attached hydrogens (tertiary/aromatic N) is 1. The van der Waals surface area contributed by atoms with E-state index in [1.54, 1.807) is 0 Å². The van der Waals surface area contributed by atoms with Crippen molar-refractivity contribution in [2.24, 2.45) is 11.8 Å². The minimum atomic E-state index is -1.44. The first-order valence-corrected chi connectivity index (χ1v) is 8.64. The van der Waals surface area contributed by atoms with Crippen molar-refractivity contribution < 1.29 is 19.3 Å². The van der Waals surface area contributed by atoms with Gasteiger partial charge in [0, 0.05) is 23.9 Å². The maximum atomic E-state index is 12.5. The zero-order valence-electron chi connectivity index (χ0n) is 12.3. The summed E-state index contributed by atoms with van der Waals surface area (Å²) in [5.41, 5.74) is -0.747. The minimum absolute atomic E-state index is 0.0748. The van der Waals surface area contributed by atoms with Crippen molar-refractivity contribution in [1.29, 1.82) is 0 Å². The second-order valence-electron chi connectivity index (χ2n) is 5.38. The summed E-state index contributed by atoms with van der Waals surface area (Å²) in [5, 5.41) is 11.2. The van der Waals surface area contributed by atoms with E-state index in [0.717, 1.165) is 6.07 Å². The molecule has 8 heteroatoms.